The number of hydrogen-bond acceptors (Lipinski definition) is 1. The monoisotopic (exact) mass is 258 g/mol. The summed E-state index contributed by atoms with van der Waals surface area (Å²) in [4.78, 5) is 0. The lowest BCUT2D eigenvalue weighted by Gasteiger charge is -2.02. The van der Waals surface area contributed by atoms with E-state index >= 15 is 0 Å². The third-order valence-corrected chi connectivity index (χ3v) is 4.17. The van der Waals surface area contributed by atoms with Gasteiger partial charge in [0.25, 0.3) is 0 Å². The van der Waals surface area contributed by atoms with Gasteiger partial charge in [0.15, 0.2) is 0 Å². The average molecular weight is 259 g/mol. The fraction of sp³-hybridized carbons (Fsp3) is 0.0667. The second-order valence-electron chi connectivity index (χ2n) is 4.13. The minimum Gasteiger partial charge on any atom is -0.143 e. The standard InChI is InChI=1S/C15H11ClS/c1-10-5-7-11(8-6-10)12-9-17-14-4-2-3-13(16)15(12)14/h2-9H,1H3. The van der Waals surface area contributed by atoms with E-state index in [-0.39, 0.29) is 0 Å². The Labute approximate surface area is 109 Å². The van der Waals surface area contributed by atoms with Crippen molar-refractivity contribution in [2.24, 2.45) is 0 Å². The van der Waals surface area contributed by atoms with Gasteiger partial charge < -0.3 is 0 Å². The first-order chi connectivity index (χ1) is 8.25. The maximum Gasteiger partial charge on any atom is 0.0499 e. The third-order valence-electron chi connectivity index (χ3n) is 2.91. The molecule has 0 saturated carbocycles. The quantitative estimate of drug-likeness (QED) is 0.538. The predicted octanol–water partition coefficient (Wildman–Crippen LogP) is 5.53. The minimum atomic E-state index is 0.833. The molecule has 0 aliphatic rings. The molecular formula is C15H11ClS. The molecule has 17 heavy (non-hydrogen) atoms. The van der Waals surface area contributed by atoms with Crippen LogP contribution in [-0.2, 0) is 0 Å². The fourth-order valence-corrected chi connectivity index (χ4v) is 3.32. The summed E-state index contributed by atoms with van der Waals surface area (Å²) in [5.41, 5.74) is 3.74. The molecule has 0 N–H and O–H groups in total. The van der Waals surface area contributed by atoms with Gasteiger partial charge in [-0.3, -0.25) is 0 Å². The van der Waals surface area contributed by atoms with Crippen LogP contribution in [0.15, 0.2) is 47.8 Å². The topological polar surface area (TPSA) is 0 Å². The van der Waals surface area contributed by atoms with Crippen LogP contribution in [0, 0.1) is 6.92 Å². The van der Waals surface area contributed by atoms with E-state index in [2.05, 4.69) is 42.6 Å². The number of benzene rings is 2. The molecule has 2 heteroatoms. The van der Waals surface area contributed by atoms with E-state index in [9.17, 15) is 0 Å². The van der Waals surface area contributed by atoms with Crippen molar-refractivity contribution < 1.29 is 0 Å². The van der Waals surface area contributed by atoms with Crippen LogP contribution in [0.2, 0.25) is 5.02 Å². The summed E-state index contributed by atoms with van der Waals surface area (Å²) >= 11 is 8.03. The third kappa shape index (κ3) is 1.86. The molecule has 0 unspecified atom stereocenters. The number of aryl methyl sites for hydroxylation is 1. The average Bonchev–Trinajstić information content (AvgIpc) is 2.75. The van der Waals surface area contributed by atoms with E-state index in [1.165, 1.54) is 26.8 Å². The molecule has 0 aliphatic carbocycles. The summed E-state index contributed by atoms with van der Waals surface area (Å²) in [5.74, 6) is 0. The van der Waals surface area contributed by atoms with Crippen LogP contribution in [-0.4, -0.2) is 0 Å². The first kappa shape index (κ1) is 10.8. The van der Waals surface area contributed by atoms with Crippen molar-refractivity contribution in [3.8, 4) is 11.1 Å². The minimum absolute atomic E-state index is 0.833. The molecular weight excluding hydrogens is 248 g/mol. The van der Waals surface area contributed by atoms with Gasteiger partial charge >= 0.3 is 0 Å². The van der Waals surface area contributed by atoms with Gasteiger partial charge in [-0.15, -0.1) is 11.3 Å². The summed E-state index contributed by atoms with van der Waals surface area (Å²) in [6.07, 6.45) is 0. The van der Waals surface area contributed by atoms with Crippen LogP contribution in [0.5, 0.6) is 0 Å². The van der Waals surface area contributed by atoms with E-state index in [0.717, 1.165) is 5.02 Å². The van der Waals surface area contributed by atoms with Crippen LogP contribution >= 0.6 is 22.9 Å². The van der Waals surface area contributed by atoms with Gasteiger partial charge in [0.05, 0.1) is 0 Å². The van der Waals surface area contributed by atoms with Gasteiger partial charge in [0, 0.05) is 20.7 Å². The van der Waals surface area contributed by atoms with E-state index in [1.54, 1.807) is 11.3 Å². The maximum atomic E-state index is 6.29. The first-order valence-corrected chi connectivity index (χ1v) is 6.74. The SMILES string of the molecule is Cc1ccc(-c2csc3cccc(Cl)c23)cc1. The Morgan fingerprint density at radius 3 is 2.53 bits per heavy atom. The van der Waals surface area contributed by atoms with Crippen molar-refractivity contribution in [3.63, 3.8) is 0 Å². The second kappa shape index (κ2) is 4.17. The van der Waals surface area contributed by atoms with Crippen LogP contribution in [0.4, 0.5) is 0 Å². The summed E-state index contributed by atoms with van der Waals surface area (Å²) in [5, 5.41) is 4.18. The molecule has 0 nitrogen and oxygen atoms in total. The Morgan fingerprint density at radius 1 is 1.00 bits per heavy atom. The second-order valence-corrected chi connectivity index (χ2v) is 5.45. The van der Waals surface area contributed by atoms with Crippen molar-refractivity contribution in [1.29, 1.82) is 0 Å². The van der Waals surface area contributed by atoms with E-state index < -0.39 is 0 Å². The van der Waals surface area contributed by atoms with Crippen molar-refractivity contribution in [2.45, 2.75) is 6.92 Å². The summed E-state index contributed by atoms with van der Waals surface area (Å²) in [6.45, 7) is 2.10. The highest BCUT2D eigenvalue weighted by molar-refractivity contribution is 7.17. The Bertz CT molecular complexity index is 665. The molecule has 2 aromatic carbocycles. The molecule has 1 aromatic heterocycles. The lowest BCUT2D eigenvalue weighted by atomic mass is 10.0. The Morgan fingerprint density at radius 2 is 1.76 bits per heavy atom. The smallest absolute Gasteiger partial charge is 0.0499 e. The van der Waals surface area contributed by atoms with Crippen molar-refractivity contribution in [3.05, 3.63) is 58.4 Å². The normalized spacial score (nSPS) is 10.9. The van der Waals surface area contributed by atoms with Crippen LogP contribution < -0.4 is 0 Å². The van der Waals surface area contributed by atoms with Crippen LogP contribution in [0.25, 0.3) is 21.2 Å². The van der Waals surface area contributed by atoms with Gasteiger partial charge in [-0.2, -0.15) is 0 Å². The van der Waals surface area contributed by atoms with Gasteiger partial charge in [0.2, 0.25) is 0 Å². The number of rotatable bonds is 1. The highest BCUT2D eigenvalue weighted by atomic mass is 35.5. The van der Waals surface area contributed by atoms with Crippen molar-refractivity contribution in [1.82, 2.24) is 0 Å². The molecule has 0 fully saturated rings. The van der Waals surface area contributed by atoms with Gasteiger partial charge in [-0.1, -0.05) is 47.5 Å². The molecule has 0 amide bonds. The Kier molecular flexibility index (Phi) is 2.65. The Balaban J connectivity index is 2.27. The summed E-state index contributed by atoms with van der Waals surface area (Å²) in [7, 11) is 0. The van der Waals surface area contributed by atoms with Crippen LogP contribution in [0.1, 0.15) is 5.56 Å². The van der Waals surface area contributed by atoms with E-state index in [1.807, 2.05) is 12.1 Å². The lowest BCUT2D eigenvalue weighted by molar-refractivity contribution is 1.47. The zero-order valence-electron chi connectivity index (χ0n) is 9.41. The van der Waals surface area contributed by atoms with E-state index in [0.29, 0.717) is 0 Å². The number of halogens is 1. The lowest BCUT2D eigenvalue weighted by Crippen LogP contribution is -1.77. The summed E-state index contributed by atoms with van der Waals surface area (Å²) < 4.78 is 1.24. The molecule has 0 radical (unpaired) electrons. The predicted molar refractivity (Wildman–Crippen MR) is 77.0 cm³/mol. The molecule has 3 aromatic rings. The molecule has 0 aliphatic heterocycles. The van der Waals surface area contributed by atoms with Crippen molar-refractivity contribution in [2.75, 3.05) is 0 Å². The largest absolute Gasteiger partial charge is 0.143 e. The molecule has 1 heterocycles. The molecule has 0 spiro atoms. The molecule has 84 valence electrons. The van der Waals surface area contributed by atoms with Crippen LogP contribution in [0.3, 0.4) is 0 Å². The zero-order valence-corrected chi connectivity index (χ0v) is 11.0. The molecule has 0 atom stereocenters. The summed E-state index contributed by atoms with van der Waals surface area (Å²) in [6, 6.07) is 14.6. The first-order valence-electron chi connectivity index (χ1n) is 5.48. The zero-order chi connectivity index (χ0) is 11.8. The van der Waals surface area contributed by atoms with Crippen molar-refractivity contribution >= 4 is 33.0 Å². The number of hydrogen-bond donors (Lipinski definition) is 0. The fourth-order valence-electron chi connectivity index (χ4n) is 1.99. The maximum absolute atomic E-state index is 6.29. The highest BCUT2D eigenvalue weighted by Gasteiger charge is 2.08. The number of thiophene rings is 1. The Hall–Kier alpha value is -1.31. The van der Waals surface area contributed by atoms with Gasteiger partial charge in [0.1, 0.15) is 0 Å². The van der Waals surface area contributed by atoms with Gasteiger partial charge in [-0.25, -0.2) is 0 Å². The molecule has 0 saturated heterocycles. The van der Waals surface area contributed by atoms with Gasteiger partial charge in [-0.05, 0) is 30.0 Å². The molecule has 3 rings (SSSR count). The highest BCUT2D eigenvalue weighted by Crippen LogP contribution is 2.38. The van der Waals surface area contributed by atoms with E-state index in [4.69, 9.17) is 11.6 Å². The molecule has 0 bridgehead atoms. The number of fused-ring (bicyclic) bond motifs is 1.